The summed E-state index contributed by atoms with van der Waals surface area (Å²) in [6.07, 6.45) is 0.173. The molecule has 0 saturated carbocycles. The van der Waals surface area contributed by atoms with Gasteiger partial charge in [0.1, 0.15) is 0 Å². The molecule has 128 valence electrons. The minimum absolute atomic E-state index is 0.113. The summed E-state index contributed by atoms with van der Waals surface area (Å²) in [6.45, 7) is 2.79. The van der Waals surface area contributed by atoms with E-state index in [-0.39, 0.29) is 11.9 Å². The van der Waals surface area contributed by atoms with Gasteiger partial charge in [0.05, 0.1) is 6.10 Å². The van der Waals surface area contributed by atoms with E-state index in [1.165, 1.54) is 11.1 Å². The van der Waals surface area contributed by atoms with Gasteiger partial charge >= 0.3 is 6.03 Å². The molecule has 0 aliphatic carbocycles. The molecule has 1 unspecified atom stereocenters. The van der Waals surface area contributed by atoms with Crippen LogP contribution in [0.3, 0.4) is 0 Å². The van der Waals surface area contributed by atoms with Gasteiger partial charge in [-0.15, -0.1) is 0 Å². The number of rotatable bonds is 7. The molecule has 0 bridgehead atoms. The van der Waals surface area contributed by atoms with Gasteiger partial charge in [-0.2, -0.15) is 0 Å². The molecule has 0 saturated heterocycles. The van der Waals surface area contributed by atoms with Crippen molar-refractivity contribution in [2.75, 3.05) is 20.1 Å². The zero-order chi connectivity index (χ0) is 17.4. The van der Waals surface area contributed by atoms with Crippen LogP contribution in [0.5, 0.6) is 0 Å². The number of hydrogen-bond donors (Lipinski definition) is 2. The molecule has 2 amide bonds. The second-order valence-corrected chi connectivity index (χ2v) is 6.12. The third-order valence-electron chi connectivity index (χ3n) is 4.09. The van der Waals surface area contributed by atoms with Crippen molar-refractivity contribution in [3.05, 3.63) is 71.8 Å². The maximum Gasteiger partial charge on any atom is 0.317 e. The number of urea groups is 1. The monoisotopic (exact) mass is 326 g/mol. The van der Waals surface area contributed by atoms with Crippen LogP contribution in [-0.2, 0) is 0 Å². The molecular weight excluding hydrogens is 300 g/mol. The van der Waals surface area contributed by atoms with Crippen molar-refractivity contribution < 1.29 is 9.90 Å². The van der Waals surface area contributed by atoms with E-state index in [1.807, 2.05) is 36.4 Å². The molecule has 0 aliphatic heterocycles. The largest absolute Gasteiger partial charge is 0.393 e. The Labute approximate surface area is 144 Å². The predicted molar refractivity (Wildman–Crippen MR) is 97.1 cm³/mol. The maximum atomic E-state index is 12.3. The number of nitrogens with zero attached hydrogens (tertiary/aromatic N) is 1. The Morgan fingerprint density at radius 3 is 2.00 bits per heavy atom. The van der Waals surface area contributed by atoms with E-state index >= 15 is 0 Å². The Morgan fingerprint density at radius 1 is 1.04 bits per heavy atom. The topological polar surface area (TPSA) is 52.6 Å². The SMILES string of the molecule is CC(O)CCN(C)C(=O)NCC(c1ccccc1)c1ccccc1. The van der Waals surface area contributed by atoms with Crippen LogP contribution < -0.4 is 5.32 Å². The molecule has 0 radical (unpaired) electrons. The third kappa shape index (κ3) is 5.39. The Balaban J connectivity index is 2.03. The fraction of sp³-hybridized carbons (Fsp3) is 0.350. The summed E-state index contributed by atoms with van der Waals surface area (Å²) >= 11 is 0. The number of benzene rings is 2. The number of amides is 2. The lowest BCUT2D eigenvalue weighted by atomic mass is 9.91. The van der Waals surface area contributed by atoms with E-state index in [1.54, 1.807) is 18.9 Å². The summed E-state index contributed by atoms with van der Waals surface area (Å²) in [5, 5.41) is 12.3. The van der Waals surface area contributed by atoms with Gasteiger partial charge in [-0.3, -0.25) is 0 Å². The van der Waals surface area contributed by atoms with Crippen LogP contribution in [-0.4, -0.2) is 42.3 Å². The summed E-state index contributed by atoms with van der Waals surface area (Å²) in [6, 6.07) is 20.3. The van der Waals surface area contributed by atoms with Crippen molar-refractivity contribution in [2.24, 2.45) is 0 Å². The first-order chi connectivity index (χ1) is 11.6. The highest BCUT2D eigenvalue weighted by Crippen LogP contribution is 2.23. The first-order valence-corrected chi connectivity index (χ1v) is 8.35. The Kier molecular flexibility index (Phi) is 6.82. The van der Waals surface area contributed by atoms with Crippen LogP contribution in [0.15, 0.2) is 60.7 Å². The number of aliphatic hydroxyl groups excluding tert-OH is 1. The third-order valence-corrected chi connectivity index (χ3v) is 4.09. The highest BCUT2D eigenvalue weighted by molar-refractivity contribution is 5.74. The fourth-order valence-corrected chi connectivity index (χ4v) is 2.61. The summed E-state index contributed by atoms with van der Waals surface area (Å²) in [4.78, 5) is 13.9. The molecule has 0 aromatic heterocycles. The number of aliphatic hydroxyl groups is 1. The van der Waals surface area contributed by atoms with Crippen LogP contribution >= 0.6 is 0 Å². The minimum Gasteiger partial charge on any atom is -0.393 e. The lowest BCUT2D eigenvalue weighted by Gasteiger charge is -2.22. The summed E-state index contributed by atoms with van der Waals surface area (Å²) in [5.74, 6) is 0.113. The average molecular weight is 326 g/mol. The molecule has 2 aromatic rings. The highest BCUT2D eigenvalue weighted by atomic mass is 16.3. The molecule has 0 aliphatic rings. The van der Waals surface area contributed by atoms with Crippen molar-refractivity contribution in [2.45, 2.75) is 25.4 Å². The second kappa shape index (κ2) is 9.08. The molecule has 24 heavy (non-hydrogen) atoms. The zero-order valence-electron chi connectivity index (χ0n) is 14.4. The lowest BCUT2D eigenvalue weighted by molar-refractivity contribution is 0.163. The fourth-order valence-electron chi connectivity index (χ4n) is 2.61. The van der Waals surface area contributed by atoms with Crippen molar-refractivity contribution in [3.8, 4) is 0 Å². The van der Waals surface area contributed by atoms with Crippen LogP contribution in [0, 0.1) is 0 Å². The number of hydrogen-bond acceptors (Lipinski definition) is 2. The van der Waals surface area contributed by atoms with Gasteiger partial charge in [0.2, 0.25) is 0 Å². The van der Waals surface area contributed by atoms with Crippen LogP contribution in [0.1, 0.15) is 30.4 Å². The van der Waals surface area contributed by atoms with E-state index in [9.17, 15) is 9.90 Å². The zero-order valence-corrected chi connectivity index (χ0v) is 14.4. The first-order valence-electron chi connectivity index (χ1n) is 8.35. The summed E-state index contributed by atoms with van der Waals surface area (Å²) in [5.41, 5.74) is 2.35. The first kappa shape index (κ1) is 18.0. The molecule has 0 spiro atoms. The molecule has 2 N–H and O–H groups in total. The van der Waals surface area contributed by atoms with E-state index in [2.05, 4.69) is 29.6 Å². The van der Waals surface area contributed by atoms with Crippen molar-refractivity contribution in [3.63, 3.8) is 0 Å². The van der Waals surface area contributed by atoms with Crippen molar-refractivity contribution in [1.29, 1.82) is 0 Å². The van der Waals surface area contributed by atoms with E-state index in [0.29, 0.717) is 19.5 Å². The summed E-state index contributed by atoms with van der Waals surface area (Å²) in [7, 11) is 1.75. The molecule has 4 heteroatoms. The van der Waals surface area contributed by atoms with Crippen LogP contribution in [0.2, 0.25) is 0 Å². The van der Waals surface area contributed by atoms with Gasteiger partial charge in [-0.25, -0.2) is 4.79 Å². The maximum absolute atomic E-state index is 12.3. The lowest BCUT2D eigenvalue weighted by Crippen LogP contribution is -2.40. The van der Waals surface area contributed by atoms with Crippen LogP contribution in [0.25, 0.3) is 0 Å². The molecule has 0 fully saturated rings. The molecule has 2 rings (SSSR count). The van der Waals surface area contributed by atoms with E-state index in [0.717, 1.165) is 0 Å². The van der Waals surface area contributed by atoms with Gasteiger partial charge in [0.15, 0.2) is 0 Å². The predicted octanol–water partition coefficient (Wildman–Crippen LogP) is 3.23. The molecule has 2 aromatic carbocycles. The van der Waals surface area contributed by atoms with Crippen molar-refractivity contribution >= 4 is 6.03 Å². The van der Waals surface area contributed by atoms with E-state index in [4.69, 9.17) is 0 Å². The Morgan fingerprint density at radius 2 is 1.54 bits per heavy atom. The Bertz CT molecular complexity index is 575. The van der Waals surface area contributed by atoms with Gasteiger partial charge < -0.3 is 15.3 Å². The molecular formula is C20H26N2O2. The average Bonchev–Trinajstić information content (AvgIpc) is 2.61. The normalized spacial score (nSPS) is 12.0. The van der Waals surface area contributed by atoms with Crippen LogP contribution in [0.4, 0.5) is 4.79 Å². The van der Waals surface area contributed by atoms with Gasteiger partial charge in [0.25, 0.3) is 0 Å². The molecule has 4 nitrogen and oxygen atoms in total. The molecule has 1 atom stereocenters. The molecule has 0 heterocycles. The Hall–Kier alpha value is -2.33. The number of carbonyl (C=O) groups is 1. The standard InChI is InChI=1S/C20H26N2O2/c1-16(23)13-14-22(2)20(24)21-15-19(17-9-5-3-6-10-17)18-11-7-4-8-12-18/h3-12,16,19,23H,13-15H2,1-2H3,(H,21,24). The summed E-state index contributed by atoms with van der Waals surface area (Å²) < 4.78 is 0. The second-order valence-electron chi connectivity index (χ2n) is 6.12. The minimum atomic E-state index is -0.401. The van der Waals surface area contributed by atoms with Gasteiger partial charge in [-0.05, 0) is 24.5 Å². The number of carbonyl (C=O) groups excluding carboxylic acids is 1. The van der Waals surface area contributed by atoms with Gasteiger partial charge in [0, 0.05) is 26.1 Å². The quantitative estimate of drug-likeness (QED) is 0.821. The van der Waals surface area contributed by atoms with Gasteiger partial charge in [-0.1, -0.05) is 60.7 Å². The van der Waals surface area contributed by atoms with Crippen molar-refractivity contribution in [1.82, 2.24) is 10.2 Å². The highest BCUT2D eigenvalue weighted by Gasteiger charge is 2.16. The smallest absolute Gasteiger partial charge is 0.317 e. The number of nitrogens with one attached hydrogen (secondary N) is 1. The van der Waals surface area contributed by atoms with E-state index < -0.39 is 6.10 Å².